The molecule has 0 bridgehead atoms. The van der Waals surface area contributed by atoms with E-state index in [1.165, 1.54) is 7.11 Å². The van der Waals surface area contributed by atoms with E-state index in [9.17, 15) is 4.79 Å². The van der Waals surface area contributed by atoms with E-state index in [-0.39, 0.29) is 5.11 Å². The Labute approximate surface area is 176 Å². The fraction of sp³-hybridized carbons (Fsp3) is 0.222. The highest BCUT2D eigenvalue weighted by molar-refractivity contribution is 9.10. The molecule has 0 atom stereocenters. The van der Waals surface area contributed by atoms with Gasteiger partial charge in [0.1, 0.15) is 18.1 Å². The van der Waals surface area contributed by atoms with Crippen LogP contribution in [0.1, 0.15) is 10.4 Å². The van der Waals surface area contributed by atoms with Gasteiger partial charge in [-0.15, -0.1) is 0 Å². The maximum absolute atomic E-state index is 12.6. The summed E-state index contributed by atoms with van der Waals surface area (Å²) in [5.41, 5.74) is 0.967. The molecule has 9 heteroatoms. The van der Waals surface area contributed by atoms with Gasteiger partial charge in [-0.2, -0.15) is 0 Å². The number of carbonyl (C=O) groups is 1. The first-order valence-corrected chi connectivity index (χ1v) is 9.39. The summed E-state index contributed by atoms with van der Waals surface area (Å²) in [6.45, 7) is 0.737. The largest absolute Gasteiger partial charge is 0.495 e. The molecule has 2 N–H and O–H groups in total. The lowest BCUT2D eigenvalue weighted by atomic mass is 10.2. The van der Waals surface area contributed by atoms with Gasteiger partial charge in [-0.1, -0.05) is 27.5 Å². The molecule has 0 unspecified atom stereocenters. The van der Waals surface area contributed by atoms with Crippen molar-refractivity contribution in [1.29, 1.82) is 0 Å². The Balaban J connectivity index is 2.06. The van der Waals surface area contributed by atoms with Crippen LogP contribution in [0.25, 0.3) is 0 Å². The third kappa shape index (κ3) is 6.35. The number of anilines is 1. The number of amides is 1. The molecular weight excluding hydrogens is 456 g/mol. The molecule has 144 valence electrons. The maximum atomic E-state index is 12.6. The summed E-state index contributed by atoms with van der Waals surface area (Å²) in [6.07, 6.45) is 0. The van der Waals surface area contributed by atoms with Crippen molar-refractivity contribution in [3.8, 4) is 11.5 Å². The minimum Gasteiger partial charge on any atom is -0.495 e. The van der Waals surface area contributed by atoms with Gasteiger partial charge in [-0.25, -0.2) is 0 Å². The predicted octanol–water partition coefficient (Wildman–Crippen LogP) is 4.26. The number of benzene rings is 2. The first-order valence-electron chi connectivity index (χ1n) is 7.81. The van der Waals surface area contributed by atoms with Crippen molar-refractivity contribution < 1.29 is 19.0 Å². The summed E-state index contributed by atoms with van der Waals surface area (Å²) in [5.74, 6) is 0.577. The average molecular weight is 474 g/mol. The highest BCUT2D eigenvalue weighted by Gasteiger charge is 2.15. The molecule has 6 nitrogen and oxygen atoms in total. The van der Waals surface area contributed by atoms with E-state index in [0.717, 1.165) is 4.47 Å². The molecule has 0 heterocycles. The van der Waals surface area contributed by atoms with E-state index < -0.39 is 5.91 Å². The molecule has 0 spiro atoms. The van der Waals surface area contributed by atoms with Gasteiger partial charge in [0.25, 0.3) is 5.91 Å². The lowest BCUT2D eigenvalue weighted by Crippen LogP contribution is -2.34. The molecular formula is C18H18BrClN2O4S. The highest BCUT2D eigenvalue weighted by Crippen LogP contribution is 2.27. The standard InChI is InChI=1S/C18H18BrClN2O4S/c1-24-7-8-26-15-5-3-11(19)9-13(15)17(23)22-18(27)21-12-4-6-16(25-2)14(20)10-12/h3-6,9-10H,7-8H2,1-2H3,(H2,21,22,23,27). The van der Waals surface area contributed by atoms with Crippen LogP contribution in [0, 0.1) is 0 Å². The second-order valence-corrected chi connectivity index (χ2v) is 6.97. The molecule has 0 aliphatic carbocycles. The summed E-state index contributed by atoms with van der Waals surface area (Å²) in [7, 11) is 3.11. The van der Waals surface area contributed by atoms with Crippen LogP contribution in [-0.2, 0) is 4.74 Å². The molecule has 2 aromatic rings. The Morgan fingerprint density at radius 1 is 1.15 bits per heavy atom. The molecule has 0 aliphatic rings. The Kier molecular flexibility index (Phi) is 8.30. The molecule has 0 fully saturated rings. The van der Waals surface area contributed by atoms with Crippen molar-refractivity contribution in [1.82, 2.24) is 5.32 Å². The third-order valence-electron chi connectivity index (χ3n) is 3.37. The monoisotopic (exact) mass is 472 g/mol. The van der Waals surface area contributed by atoms with Gasteiger partial charge in [0.2, 0.25) is 0 Å². The summed E-state index contributed by atoms with van der Waals surface area (Å²) < 4.78 is 16.4. The van der Waals surface area contributed by atoms with Crippen LogP contribution in [0.3, 0.4) is 0 Å². The number of ether oxygens (including phenoxy) is 3. The molecule has 2 aromatic carbocycles. The summed E-state index contributed by atoms with van der Waals surface area (Å²) in [4.78, 5) is 12.6. The first-order chi connectivity index (χ1) is 12.9. The second-order valence-electron chi connectivity index (χ2n) is 5.24. The Morgan fingerprint density at radius 2 is 1.89 bits per heavy atom. The van der Waals surface area contributed by atoms with Gasteiger partial charge in [0.15, 0.2) is 5.11 Å². The molecule has 0 aromatic heterocycles. The molecule has 0 aliphatic heterocycles. The Morgan fingerprint density at radius 3 is 2.56 bits per heavy atom. The van der Waals surface area contributed by atoms with E-state index in [0.29, 0.717) is 41.0 Å². The van der Waals surface area contributed by atoms with Crippen molar-refractivity contribution in [2.45, 2.75) is 0 Å². The minimum absolute atomic E-state index is 0.129. The molecule has 0 radical (unpaired) electrons. The third-order valence-corrected chi connectivity index (χ3v) is 4.36. The fourth-order valence-electron chi connectivity index (χ4n) is 2.12. The van der Waals surface area contributed by atoms with E-state index in [2.05, 4.69) is 26.6 Å². The predicted molar refractivity (Wildman–Crippen MR) is 113 cm³/mol. The van der Waals surface area contributed by atoms with Crippen LogP contribution in [0.4, 0.5) is 5.69 Å². The van der Waals surface area contributed by atoms with Crippen molar-refractivity contribution >= 4 is 56.5 Å². The van der Waals surface area contributed by atoms with Gasteiger partial charge < -0.3 is 19.5 Å². The highest BCUT2D eigenvalue weighted by atomic mass is 79.9. The van der Waals surface area contributed by atoms with Crippen LogP contribution >= 0.6 is 39.7 Å². The van der Waals surface area contributed by atoms with E-state index in [1.807, 2.05) is 0 Å². The minimum atomic E-state index is -0.402. The summed E-state index contributed by atoms with van der Waals surface area (Å²) in [5, 5.41) is 6.09. The average Bonchev–Trinajstić information content (AvgIpc) is 2.63. The van der Waals surface area contributed by atoms with Crippen LogP contribution in [-0.4, -0.2) is 38.5 Å². The van der Waals surface area contributed by atoms with Crippen molar-refractivity contribution in [3.63, 3.8) is 0 Å². The topological polar surface area (TPSA) is 68.8 Å². The zero-order chi connectivity index (χ0) is 19.8. The van der Waals surface area contributed by atoms with Gasteiger partial charge >= 0.3 is 0 Å². The summed E-state index contributed by atoms with van der Waals surface area (Å²) in [6, 6.07) is 10.2. The van der Waals surface area contributed by atoms with Crippen LogP contribution in [0.2, 0.25) is 5.02 Å². The second kappa shape index (κ2) is 10.5. The number of methoxy groups -OCH3 is 2. The Bertz CT molecular complexity index is 835. The molecule has 2 rings (SSSR count). The smallest absolute Gasteiger partial charge is 0.261 e. The van der Waals surface area contributed by atoms with Gasteiger partial charge in [-0.3, -0.25) is 10.1 Å². The van der Waals surface area contributed by atoms with Crippen molar-refractivity contribution in [2.75, 3.05) is 32.8 Å². The molecule has 27 heavy (non-hydrogen) atoms. The van der Waals surface area contributed by atoms with Gasteiger partial charge in [0, 0.05) is 17.3 Å². The quantitative estimate of drug-likeness (QED) is 0.462. The number of nitrogens with one attached hydrogen (secondary N) is 2. The van der Waals surface area contributed by atoms with E-state index in [1.54, 1.807) is 43.5 Å². The molecule has 0 saturated carbocycles. The summed E-state index contributed by atoms with van der Waals surface area (Å²) >= 11 is 14.6. The maximum Gasteiger partial charge on any atom is 0.261 e. The van der Waals surface area contributed by atoms with Crippen LogP contribution in [0.15, 0.2) is 40.9 Å². The van der Waals surface area contributed by atoms with Crippen LogP contribution < -0.4 is 20.1 Å². The van der Waals surface area contributed by atoms with Gasteiger partial charge in [-0.05, 0) is 48.6 Å². The number of hydrogen-bond acceptors (Lipinski definition) is 5. The normalized spacial score (nSPS) is 10.2. The molecule has 0 saturated heterocycles. The zero-order valence-electron chi connectivity index (χ0n) is 14.7. The van der Waals surface area contributed by atoms with E-state index >= 15 is 0 Å². The SMILES string of the molecule is COCCOc1ccc(Br)cc1C(=O)NC(=S)Nc1ccc(OC)c(Cl)c1. The van der Waals surface area contributed by atoms with E-state index in [4.69, 9.17) is 38.0 Å². The van der Waals surface area contributed by atoms with Crippen molar-refractivity contribution in [3.05, 3.63) is 51.5 Å². The number of halogens is 2. The van der Waals surface area contributed by atoms with Crippen LogP contribution in [0.5, 0.6) is 11.5 Å². The number of hydrogen-bond donors (Lipinski definition) is 2. The number of rotatable bonds is 7. The molecule has 1 amide bonds. The zero-order valence-corrected chi connectivity index (χ0v) is 17.8. The Hall–Kier alpha value is -1.87. The van der Waals surface area contributed by atoms with Crippen molar-refractivity contribution in [2.24, 2.45) is 0 Å². The lowest BCUT2D eigenvalue weighted by Gasteiger charge is -2.14. The number of thiocarbonyl (C=S) groups is 1. The first kappa shape index (κ1) is 21.4. The lowest BCUT2D eigenvalue weighted by molar-refractivity contribution is 0.0969. The van der Waals surface area contributed by atoms with Gasteiger partial charge in [0.05, 0.1) is 24.3 Å². The fourth-order valence-corrected chi connectivity index (χ4v) is 2.95. The number of carbonyl (C=O) groups excluding carboxylic acids is 1.